The van der Waals surface area contributed by atoms with Gasteiger partial charge in [0, 0.05) is 0 Å². The monoisotopic (exact) mass is 188 g/mol. The van der Waals surface area contributed by atoms with E-state index in [9.17, 15) is 4.79 Å². The molecule has 0 saturated carbocycles. The van der Waals surface area contributed by atoms with Gasteiger partial charge in [-0.05, 0) is 29.9 Å². The summed E-state index contributed by atoms with van der Waals surface area (Å²) in [6.45, 7) is 2.03. The lowest BCUT2D eigenvalue weighted by Crippen LogP contribution is -2.13. The molecule has 1 rings (SSSR count). The first kappa shape index (κ1) is 8.31. The van der Waals surface area contributed by atoms with Gasteiger partial charge >= 0.3 is 4.87 Å². The van der Waals surface area contributed by atoms with Crippen LogP contribution < -0.4 is 4.87 Å². The number of halogens is 1. The molecule has 11 heavy (non-hydrogen) atoms. The third-order valence-electron chi connectivity index (χ3n) is 0.987. The van der Waals surface area contributed by atoms with E-state index in [0.717, 1.165) is 11.3 Å². The van der Waals surface area contributed by atoms with Crippen molar-refractivity contribution in [3.05, 3.63) is 14.1 Å². The first-order valence-electron chi connectivity index (χ1n) is 2.87. The second-order valence-electron chi connectivity index (χ2n) is 1.71. The van der Waals surface area contributed by atoms with Crippen LogP contribution in [0.1, 0.15) is 6.92 Å². The maximum Gasteiger partial charge on any atom is 0.327 e. The molecule has 0 fully saturated rings. The standard InChI is InChI=1S/C6H5ClN2OS/c1-2-3-4-9-6(10)11-5(7)8-9/h4H2,1H3. The Labute approximate surface area is 72.6 Å². The van der Waals surface area contributed by atoms with Crippen LogP contribution in [-0.4, -0.2) is 9.78 Å². The fourth-order valence-electron chi connectivity index (χ4n) is 0.535. The van der Waals surface area contributed by atoms with E-state index in [2.05, 4.69) is 16.9 Å². The zero-order valence-corrected chi connectivity index (χ0v) is 7.37. The Balaban J connectivity index is 2.92. The third-order valence-corrected chi connectivity index (χ3v) is 1.93. The number of nitrogens with zero attached hydrogens (tertiary/aromatic N) is 2. The first-order chi connectivity index (χ1) is 5.24. The molecule has 0 amide bonds. The summed E-state index contributed by atoms with van der Waals surface area (Å²) in [5.74, 6) is 5.38. The van der Waals surface area contributed by atoms with E-state index < -0.39 is 0 Å². The van der Waals surface area contributed by atoms with Crippen molar-refractivity contribution in [1.29, 1.82) is 0 Å². The van der Waals surface area contributed by atoms with Gasteiger partial charge < -0.3 is 0 Å². The van der Waals surface area contributed by atoms with Gasteiger partial charge in [-0.2, -0.15) is 0 Å². The van der Waals surface area contributed by atoms with Crippen molar-refractivity contribution in [2.45, 2.75) is 13.5 Å². The molecule has 0 N–H and O–H groups in total. The molecule has 0 unspecified atom stereocenters. The fraction of sp³-hybridized carbons (Fsp3) is 0.333. The molecule has 0 bridgehead atoms. The molecule has 1 aromatic rings. The SMILES string of the molecule is CC#CCn1nc(Cl)sc1=O. The molecule has 0 saturated heterocycles. The minimum absolute atomic E-state index is 0.169. The molecule has 0 aliphatic heterocycles. The quantitative estimate of drug-likeness (QED) is 0.616. The highest BCUT2D eigenvalue weighted by Crippen LogP contribution is 2.04. The highest BCUT2D eigenvalue weighted by molar-refractivity contribution is 7.13. The lowest BCUT2D eigenvalue weighted by atomic mass is 10.6. The van der Waals surface area contributed by atoms with Crippen LogP contribution in [0.2, 0.25) is 4.47 Å². The molecule has 5 heteroatoms. The van der Waals surface area contributed by atoms with E-state index in [0.29, 0.717) is 6.54 Å². The number of hydrogen-bond acceptors (Lipinski definition) is 3. The Morgan fingerprint density at radius 1 is 1.82 bits per heavy atom. The van der Waals surface area contributed by atoms with Crippen LogP contribution in [0.4, 0.5) is 0 Å². The van der Waals surface area contributed by atoms with Gasteiger partial charge in [0.1, 0.15) is 6.54 Å². The molecular formula is C6H5ClN2OS. The summed E-state index contributed by atoms with van der Waals surface area (Å²) in [6, 6.07) is 0. The summed E-state index contributed by atoms with van der Waals surface area (Å²) in [5, 5.41) is 3.73. The van der Waals surface area contributed by atoms with Gasteiger partial charge in [-0.25, -0.2) is 4.68 Å². The predicted molar refractivity (Wildman–Crippen MR) is 44.8 cm³/mol. The summed E-state index contributed by atoms with van der Waals surface area (Å²) in [7, 11) is 0. The Morgan fingerprint density at radius 2 is 2.55 bits per heavy atom. The van der Waals surface area contributed by atoms with Gasteiger partial charge in [0.25, 0.3) is 0 Å². The topological polar surface area (TPSA) is 34.9 Å². The van der Waals surface area contributed by atoms with Gasteiger partial charge in [0.05, 0.1) is 0 Å². The summed E-state index contributed by atoms with van der Waals surface area (Å²) in [6.07, 6.45) is 0. The largest absolute Gasteiger partial charge is 0.327 e. The molecule has 1 aromatic heterocycles. The van der Waals surface area contributed by atoms with Crippen molar-refractivity contribution < 1.29 is 0 Å². The number of hydrogen-bond donors (Lipinski definition) is 0. The first-order valence-corrected chi connectivity index (χ1v) is 4.06. The van der Waals surface area contributed by atoms with Gasteiger partial charge in [-0.1, -0.05) is 5.92 Å². The molecule has 0 aromatic carbocycles. The van der Waals surface area contributed by atoms with Crippen LogP contribution in [0.25, 0.3) is 0 Å². The van der Waals surface area contributed by atoms with Crippen molar-refractivity contribution in [3.8, 4) is 11.8 Å². The predicted octanol–water partition coefficient (Wildman–Crippen LogP) is 0.981. The minimum Gasteiger partial charge on any atom is -0.255 e. The van der Waals surface area contributed by atoms with E-state index in [1.165, 1.54) is 4.68 Å². The highest BCUT2D eigenvalue weighted by Gasteiger charge is 2.00. The fourth-order valence-corrected chi connectivity index (χ4v) is 1.32. The molecule has 3 nitrogen and oxygen atoms in total. The molecule has 0 radical (unpaired) electrons. The van der Waals surface area contributed by atoms with Crippen LogP contribution in [0.3, 0.4) is 0 Å². The molecular weight excluding hydrogens is 184 g/mol. The molecule has 58 valence electrons. The third kappa shape index (κ3) is 2.07. The van der Waals surface area contributed by atoms with Crippen LogP contribution in [0.5, 0.6) is 0 Å². The van der Waals surface area contributed by atoms with E-state index in [-0.39, 0.29) is 9.34 Å². The molecule has 0 spiro atoms. The van der Waals surface area contributed by atoms with Gasteiger partial charge in [0.15, 0.2) is 0 Å². The maximum atomic E-state index is 10.9. The second-order valence-corrected chi connectivity index (χ2v) is 3.23. The molecule has 0 aliphatic carbocycles. The zero-order chi connectivity index (χ0) is 8.27. The van der Waals surface area contributed by atoms with Crippen molar-refractivity contribution in [1.82, 2.24) is 9.78 Å². The van der Waals surface area contributed by atoms with Crippen molar-refractivity contribution in [2.75, 3.05) is 0 Å². The van der Waals surface area contributed by atoms with Crippen molar-refractivity contribution in [2.24, 2.45) is 0 Å². The number of rotatable bonds is 1. The molecule has 0 atom stereocenters. The van der Waals surface area contributed by atoms with E-state index in [1.807, 2.05) is 0 Å². The Hall–Kier alpha value is -0.790. The zero-order valence-electron chi connectivity index (χ0n) is 5.80. The lowest BCUT2D eigenvalue weighted by molar-refractivity contribution is 0.693. The minimum atomic E-state index is -0.169. The van der Waals surface area contributed by atoms with Gasteiger partial charge in [-0.15, -0.1) is 11.0 Å². The Morgan fingerprint density at radius 3 is 3.00 bits per heavy atom. The Bertz CT molecular complexity index is 357. The second kappa shape index (κ2) is 3.56. The summed E-state index contributed by atoms with van der Waals surface area (Å²) in [4.78, 5) is 10.7. The molecule has 1 heterocycles. The summed E-state index contributed by atoms with van der Waals surface area (Å²) >= 11 is 6.40. The summed E-state index contributed by atoms with van der Waals surface area (Å²) < 4.78 is 1.50. The molecule has 0 aliphatic rings. The normalized spacial score (nSPS) is 8.91. The number of aromatic nitrogens is 2. The average molecular weight is 189 g/mol. The smallest absolute Gasteiger partial charge is 0.255 e. The maximum absolute atomic E-state index is 10.9. The van der Waals surface area contributed by atoms with E-state index in [1.54, 1.807) is 6.92 Å². The lowest BCUT2D eigenvalue weighted by Gasteiger charge is -1.86. The van der Waals surface area contributed by atoms with E-state index in [4.69, 9.17) is 11.6 Å². The Kier molecular flexibility index (Phi) is 2.69. The van der Waals surface area contributed by atoms with Crippen LogP contribution in [0, 0.1) is 11.8 Å². The highest BCUT2D eigenvalue weighted by atomic mass is 35.5. The van der Waals surface area contributed by atoms with Crippen molar-refractivity contribution in [3.63, 3.8) is 0 Å². The van der Waals surface area contributed by atoms with Crippen LogP contribution in [-0.2, 0) is 6.54 Å². The average Bonchev–Trinajstić information content (AvgIpc) is 2.26. The van der Waals surface area contributed by atoms with Crippen LogP contribution in [0.15, 0.2) is 4.79 Å². The summed E-state index contributed by atoms with van der Waals surface area (Å²) in [5.41, 5.74) is 0. The van der Waals surface area contributed by atoms with Gasteiger partial charge in [-0.3, -0.25) is 4.79 Å². The van der Waals surface area contributed by atoms with Gasteiger partial charge in [0.2, 0.25) is 4.47 Å². The van der Waals surface area contributed by atoms with Crippen LogP contribution >= 0.6 is 22.9 Å². The van der Waals surface area contributed by atoms with Crippen molar-refractivity contribution >= 4 is 22.9 Å². The van der Waals surface area contributed by atoms with E-state index >= 15 is 0 Å².